The number of hydrogen-bond donors (Lipinski definition) is 0. The lowest BCUT2D eigenvalue weighted by Gasteiger charge is -2.11. The van der Waals surface area contributed by atoms with Crippen molar-refractivity contribution in [2.24, 2.45) is 0 Å². The zero-order valence-corrected chi connectivity index (χ0v) is 14.1. The van der Waals surface area contributed by atoms with Crippen LogP contribution in [0.2, 0.25) is 0 Å². The molecule has 110 valence electrons. The van der Waals surface area contributed by atoms with E-state index in [0.29, 0.717) is 5.88 Å². The van der Waals surface area contributed by atoms with Crippen LogP contribution in [0, 0.1) is 6.92 Å². The fourth-order valence-corrected chi connectivity index (χ4v) is 2.99. The number of hydrogen-bond acceptors (Lipinski definition) is 2. The molecule has 0 amide bonds. The molecule has 0 radical (unpaired) electrons. The number of nitrogens with zero attached hydrogens (tertiary/aromatic N) is 1. The van der Waals surface area contributed by atoms with Gasteiger partial charge in [-0.25, -0.2) is 4.98 Å². The summed E-state index contributed by atoms with van der Waals surface area (Å²) in [7, 11) is 1.64. The molecule has 0 fully saturated rings. The quantitative estimate of drug-likeness (QED) is 0.580. The van der Waals surface area contributed by atoms with Gasteiger partial charge in [-0.3, -0.25) is 0 Å². The maximum Gasteiger partial charge on any atom is 0.217 e. The average molecular weight is 354 g/mol. The molecule has 0 bridgehead atoms. The standard InChI is InChI=1S/C19H16BrNO/c1-13-11-17(18(20)21-19(13)22-2)16-10-6-9-15(12-16)14-7-4-3-5-8-14/h3-12H,1-2H3. The second-order valence-corrected chi connectivity index (χ2v) is 5.85. The van der Waals surface area contributed by atoms with Crippen molar-refractivity contribution < 1.29 is 4.74 Å². The first-order valence-corrected chi connectivity index (χ1v) is 7.85. The molecule has 2 nitrogen and oxygen atoms in total. The van der Waals surface area contributed by atoms with Crippen LogP contribution < -0.4 is 4.74 Å². The summed E-state index contributed by atoms with van der Waals surface area (Å²) < 4.78 is 6.06. The van der Waals surface area contributed by atoms with Crippen LogP contribution in [-0.4, -0.2) is 12.1 Å². The topological polar surface area (TPSA) is 22.1 Å². The first-order chi connectivity index (χ1) is 10.7. The van der Waals surface area contributed by atoms with Gasteiger partial charge in [0.05, 0.1) is 7.11 Å². The van der Waals surface area contributed by atoms with Gasteiger partial charge in [-0.15, -0.1) is 0 Å². The minimum absolute atomic E-state index is 0.648. The molecular formula is C19H16BrNO. The van der Waals surface area contributed by atoms with E-state index in [1.807, 2.05) is 13.0 Å². The maximum atomic E-state index is 5.27. The fourth-order valence-electron chi connectivity index (χ4n) is 2.48. The third-order valence-corrected chi connectivity index (χ3v) is 4.20. The van der Waals surface area contributed by atoms with Crippen molar-refractivity contribution >= 4 is 15.9 Å². The van der Waals surface area contributed by atoms with Gasteiger partial charge in [-0.1, -0.05) is 48.5 Å². The van der Waals surface area contributed by atoms with Gasteiger partial charge in [0.25, 0.3) is 0 Å². The van der Waals surface area contributed by atoms with Crippen LogP contribution in [-0.2, 0) is 0 Å². The molecule has 22 heavy (non-hydrogen) atoms. The number of halogens is 1. The molecule has 1 heterocycles. The smallest absolute Gasteiger partial charge is 0.217 e. The molecule has 0 saturated carbocycles. The summed E-state index contributed by atoms with van der Waals surface area (Å²) in [6, 6.07) is 20.9. The van der Waals surface area contributed by atoms with E-state index in [9.17, 15) is 0 Å². The van der Waals surface area contributed by atoms with Crippen molar-refractivity contribution in [2.75, 3.05) is 7.11 Å². The van der Waals surface area contributed by atoms with Gasteiger partial charge in [-0.2, -0.15) is 0 Å². The van der Waals surface area contributed by atoms with E-state index >= 15 is 0 Å². The highest BCUT2D eigenvalue weighted by molar-refractivity contribution is 9.10. The van der Waals surface area contributed by atoms with Crippen molar-refractivity contribution in [1.82, 2.24) is 4.98 Å². The van der Waals surface area contributed by atoms with Gasteiger partial charge in [0.1, 0.15) is 4.60 Å². The van der Waals surface area contributed by atoms with E-state index in [2.05, 4.69) is 75.5 Å². The lowest BCUT2D eigenvalue weighted by Crippen LogP contribution is -1.94. The lowest BCUT2D eigenvalue weighted by atomic mass is 9.99. The number of aromatic nitrogens is 1. The van der Waals surface area contributed by atoms with E-state index in [1.165, 1.54) is 11.1 Å². The molecular weight excluding hydrogens is 338 g/mol. The number of benzene rings is 2. The summed E-state index contributed by atoms with van der Waals surface area (Å²) in [5.41, 5.74) is 5.62. The third kappa shape index (κ3) is 2.90. The summed E-state index contributed by atoms with van der Waals surface area (Å²) >= 11 is 3.55. The van der Waals surface area contributed by atoms with Gasteiger partial charge in [-0.05, 0) is 51.7 Å². The zero-order chi connectivity index (χ0) is 15.5. The van der Waals surface area contributed by atoms with Crippen molar-refractivity contribution in [3.05, 3.63) is 70.8 Å². The van der Waals surface area contributed by atoms with Gasteiger partial charge in [0.2, 0.25) is 5.88 Å². The monoisotopic (exact) mass is 353 g/mol. The molecule has 3 rings (SSSR count). The van der Waals surface area contributed by atoms with Gasteiger partial charge >= 0.3 is 0 Å². The Morgan fingerprint density at radius 2 is 1.55 bits per heavy atom. The number of methoxy groups -OCH3 is 1. The molecule has 0 aliphatic heterocycles. The molecule has 0 unspecified atom stereocenters. The van der Waals surface area contributed by atoms with Crippen LogP contribution in [0.4, 0.5) is 0 Å². The highest BCUT2D eigenvalue weighted by Gasteiger charge is 2.10. The molecule has 0 N–H and O–H groups in total. The predicted octanol–water partition coefficient (Wildman–Crippen LogP) is 5.50. The van der Waals surface area contributed by atoms with Crippen LogP contribution in [0.5, 0.6) is 5.88 Å². The first kappa shape index (κ1) is 14.8. The molecule has 0 saturated heterocycles. The zero-order valence-electron chi connectivity index (χ0n) is 12.5. The van der Waals surface area contributed by atoms with Crippen LogP contribution >= 0.6 is 15.9 Å². The molecule has 0 aliphatic carbocycles. The molecule has 1 aromatic heterocycles. The molecule has 2 aromatic carbocycles. The lowest BCUT2D eigenvalue weighted by molar-refractivity contribution is 0.394. The Hall–Kier alpha value is -2.13. The third-order valence-electron chi connectivity index (χ3n) is 3.59. The normalized spacial score (nSPS) is 10.5. The summed E-state index contributed by atoms with van der Waals surface area (Å²) in [5, 5.41) is 0. The molecule has 0 atom stereocenters. The molecule has 3 heteroatoms. The van der Waals surface area contributed by atoms with E-state index in [1.54, 1.807) is 7.11 Å². The maximum absolute atomic E-state index is 5.27. The van der Waals surface area contributed by atoms with Crippen LogP contribution in [0.1, 0.15) is 5.56 Å². The van der Waals surface area contributed by atoms with Gasteiger partial charge in [0.15, 0.2) is 0 Å². The van der Waals surface area contributed by atoms with Crippen LogP contribution in [0.15, 0.2) is 65.3 Å². The predicted molar refractivity (Wildman–Crippen MR) is 94.1 cm³/mol. The Kier molecular flexibility index (Phi) is 4.25. The van der Waals surface area contributed by atoms with E-state index in [0.717, 1.165) is 21.3 Å². The van der Waals surface area contributed by atoms with Crippen LogP contribution in [0.3, 0.4) is 0 Å². The van der Waals surface area contributed by atoms with Crippen molar-refractivity contribution in [1.29, 1.82) is 0 Å². The summed E-state index contributed by atoms with van der Waals surface area (Å²) in [5.74, 6) is 0.648. The first-order valence-electron chi connectivity index (χ1n) is 7.06. The fraction of sp³-hybridized carbons (Fsp3) is 0.105. The Bertz CT molecular complexity index is 800. The van der Waals surface area contributed by atoms with E-state index in [4.69, 9.17) is 4.74 Å². The van der Waals surface area contributed by atoms with Crippen molar-refractivity contribution in [3.8, 4) is 28.1 Å². The van der Waals surface area contributed by atoms with Crippen molar-refractivity contribution in [3.63, 3.8) is 0 Å². The second-order valence-electron chi connectivity index (χ2n) is 5.10. The summed E-state index contributed by atoms with van der Waals surface area (Å²) in [4.78, 5) is 4.46. The van der Waals surface area contributed by atoms with E-state index in [-0.39, 0.29) is 0 Å². The highest BCUT2D eigenvalue weighted by atomic mass is 79.9. The summed E-state index contributed by atoms with van der Waals surface area (Å²) in [6.45, 7) is 2.00. The van der Waals surface area contributed by atoms with Crippen molar-refractivity contribution in [2.45, 2.75) is 6.92 Å². The number of pyridine rings is 1. The van der Waals surface area contributed by atoms with Crippen LogP contribution in [0.25, 0.3) is 22.3 Å². The molecule has 0 aliphatic rings. The Balaban J connectivity index is 2.08. The van der Waals surface area contributed by atoms with Gasteiger partial charge in [0, 0.05) is 11.1 Å². The van der Waals surface area contributed by atoms with E-state index < -0.39 is 0 Å². The minimum atomic E-state index is 0.648. The summed E-state index contributed by atoms with van der Waals surface area (Å²) in [6.07, 6.45) is 0. The van der Waals surface area contributed by atoms with Gasteiger partial charge < -0.3 is 4.74 Å². The highest BCUT2D eigenvalue weighted by Crippen LogP contribution is 2.33. The molecule has 0 spiro atoms. The Morgan fingerprint density at radius 3 is 2.27 bits per heavy atom. The molecule has 3 aromatic rings. The Morgan fingerprint density at radius 1 is 0.864 bits per heavy atom. The largest absolute Gasteiger partial charge is 0.481 e. The average Bonchev–Trinajstić information content (AvgIpc) is 2.57. The number of aryl methyl sites for hydroxylation is 1. The number of ether oxygens (including phenoxy) is 1. The second kappa shape index (κ2) is 6.32. The SMILES string of the molecule is COc1nc(Br)c(-c2cccc(-c3ccccc3)c2)cc1C. The number of rotatable bonds is 3. The minimum Gasteiger partial charge on any atom is -0.481 e. The Labute approximate surface area is 138 Å².